The van der Waals surface area contributed by atoms with E-state index in [1.807, 2.05) is 12.1 Å². The Morgan fingerprint density at radius 1 is 0.892 bits per heavy atom. The summed E-state index contributed by atoms with van der Waals surface area (Å²) in [5.74, 6) is 2.88. The highest BCUT2D eigenvalue weighted by molar-refractivity contribution is 5.94. The van der Waals surface area contributed by atoms with Gasteiger partial charge in [0.2, 0.25) is 5.95 Å². The summed E-state index contributed by atoms with van der Waals surface area (Å²) in [6.07, 6.45) is 6.55. The summed E-state index contributed by atoms with van der Waals surface area (Å²) in [6, 6.07) is 8.72. The van der Waals surface area contributed by atoms with E-state index in [0.29, 0.717) is 18.6 Å². The molecular formula is C28H37N5O4. The van der Waals surface area contributed by atoms with Crippen LogP contribution < -0.4 is 20.3 Å². The molecule has 1 aromatic heterocycles. The van der Waals surface area contributed by atoms with Crippen molar-refractivity contribution in [1.82, 2.24) is 15.3 Å². The fourth-order valence-electron chi connectivity index (χ4n) is 5.79. The predicted octanol–water partition coefficient (Wildman–Crippen LogP) is 3.30. The molecule has 2 N–H and O–H groups in total. The summed E-state index contributed by atoms with van der Waals surface area (Å²) >= 11 is 0. The second-order valence-electron chi connectivity index (χ2n) is 10.5. The number of hydrogen-bond donors (Lipinski definition) is 2. The Balaban J connectivity index is 1.10. The molecule has 0 radical (unpaired) electrons. The van der Waals surface area contributed by atoms with Crippen molar-refractivity contribution in [2.24, 2.45) is 0 Å². The van der Waals surface area contributed by atoms with Crippen LogP contribution >= 0.6 is 0 Å². The van der Waals surface area contributed by atoms with Gasteiger partial charge in [0.15, 0.2) is 11.6 Å². The van der Waals surface area contributed by atoms with E-state index >= 15 is 0 Å². The lowest BCUT2D eigenvalue weighted by atomic mass is 9.88. The van der Waals surface area contributed by atoms with Gasteiger partial charge < -0.3 is 29.7 Å². The van der Waals surface area contributed by atoms with E-state index in [2.05, 4.69) is 27.7 Å². The molecule has 0 saturated carbocycles. The van der Waals surface area contributed by atoms with Crippen molar-refractivity contribution >= 4 is 17.7 Å². The number of fused-ring (bicyclic) bond motifs is 1. The van der Waals surface area contributed by atoms with E-state index in [0.717, 1.165) is 113 Å². The fraction of sp³-hybridized carbons (Fsp3) is 0.607. The van der Waals surface area contributed by atoms with Crippen LogP contribution in [0.3, 0.4) is 0 Å². The van der Waals surface area contributed by atoms with Crippen LogP contribution in [0.25, 0.3) is 0 Å². The molecule has 9 heteroatoms. The predicted molar refractivity (Wildman–Crippen MR) is 141 cm³/mol. The van der Waals surface area contributed by atoms with Crippen molar-refractivity contribution < 1.29 is 19.0 Å². The van der Waals surface area contributed by atoms with Gasteiger partial charge >= 0.3 is 0 Å². The smallest absolute Gasteiger partial charge is 0.251 e. The van der Waals surface area contributed by atoms with Crippen LogP contribution in [0.2, 0.25) is 0 Å². The molecule has 0 unspecified atom stereocenters. The number of carbonyl (C=O) groups is 1. The van der Waals surface area contributed by atoms with Crippen LogP contribution in [0.5, 0.6) is 5.75 Å². The van der Waals surface area contributed by atoms with E-state index in [9.17, 15) is 4.79 Å². The average molecular weight is 508 g/mol. The van der Waals surface area contributed by atoms with Gasteiger partial charge in [0.25, 0.3) is 5.91 Å². The van der Waals surface area contributed by atoms with Crippen molar-refractivity contribution in [3.05, 3.63) is 41.1 Å². The zero-order valence-corrected chi connectivity index (χ0v) is 21.4. The van der Waals surface area contributed by atoms with Crippen molar-refractivity contribution in [2.45, 2.75) is 62.9 Å². The van der Waals surface area contributed by atoms with Gasteiger partial charge in [0.1, 0.15) is 0 Å². The summed E-state index contributed by atoms with van der Waals surface area (Å²) in [4.78, 5) is 25.0. The van der Waals surface area contributed by atoms with Crippen LogP contribution in [0.1, 0.15) is 66.1 Å². The van der Waals surface area contributed by atoms with Crippen LogP contribution in [0.15, 0.2) is 24.3 Å². The standard InChI is InChI=1S/C28H37N5O4/c34-27(30-23-8-15-36-16-9-23)21-3-1-2-20(18-21)19-4-11-33(12-5-19)28-31-24-10-17-37-25(24)26(32-28)29-22-6-13-35-14-7-22/h1-3,18-19,22-23H,4-17H2,(H,30,34)(H,29,31,32). The largest absolute Gasteiger partial charge is 0.487 e. The molecule has 198 valence electrons. The zero-order chi connectivity index (χ0) is 25.0. The Labute approximate surface area is 218 Å². The Morgan fingerprint density at radius 2 is 1.62 bits per heavy atom. The number of amides is 1. The number of benzene rings is 1. The highest BCUT2D eigenvalue weighted by atomic mass is 16.5. The molecule has 37 heavy (non-hydrogen) atoms. The molecule has 0 aliphatic carbocycles. The van der Waals surface area contributed by atoms with Gasteiger partial charge in [-0.2, -0.15) is 4.98 Å². The first-order valence-corrected chi connectivity index (χ1v) is 13.8. The van der Waals surface area contributed by atoms with Crippen molar-refractivity contribution in [2.75, 3.05) is 56.3 Å². The Morgan fingerprint density at radius 3 is 2.38 bits per heavy atom. The average Bonchev–Trinajstić information content (AvgIpc) is 3.44. The minimum absolute atomic E-state index is 0.0181. The molecule has 1 amide bonds. The molecule has 2 aromatic rings. The maximum atomic E-state index is 12.9. The van der Waals surface area contributed by atoms with Crippen molar-refractivity contribution in [1.29, 1.82) is 0 Å². The topological polar surface area (TPSA) is 97.8 Å². The summed E-state index contributed by atoms with van der Waals surface area (Å²) in [5.41, 5.74) is 2.99. The molecule has 4 aliphatic heterocycles. The second kappa shape index (κ2) is 11.2. The van der Waals surface area contributed by atoms with Gasteiger partial charge in [-0.15, -0.1) is 0 Å². The molecule has 3 saturated heterocycles. The van der Waals surface area contributed by atoms with Crippen molar-refractivity contribution in [3.8, 4) is 5.75 Å². The number of aromatic nitrogens is 2. The van der Waals surface area contributed by atoms with Gasteiger partial charge in [-0.1, -0.05) is 12.1 Å². The summed E-state index contributed by atoms with van der Waals surface area (Å²) in [7, 11) is 0. The number of rotatable bonds is 6. The molecule has 6 rings (SSSR count). The molecular weight excluding hydrogens is 470 g/mol. The Bertz CT molecular complexity index is 1090. The SMILES string of the molecule is O=C(NC1CCOCC1)c1cccc(C2CCN(c3nc4c(c(NC5CCOCC5)n3)OCC4)CC2)c1. The number of hydrogen-bond acceptors (Lipinski definition) is 8. The third-order valence-corrected chi connectivity index (χ3v) is 8.03. The number of nitrogens with one attached hydrogen (secondary N) is 2. The highest BCUT2D eigenvalue weighted by Gasteiger charge is 2.28. The first-order chi connectivity index (χ1) is 18.2. The number of piperidine rings is 1. The van der Waals surface area contributed by atoms with Gasteiger partial charge in [-0.3, -0.25) is 4.79 Å². The lowest BCUT2D eigenvalue weighted by Crippen LogP contribution is -2.39. The highest BCUT2D eigenvalue weighted by Crippen LogP contribution is 2.36. The van der Waals surface area contributed by atoms with Crippen LogP contribution in [-0.4, -0.2) is 74.1 Å². The van der Waals surface area contributed by atoms with Crippen molar-refractivity contribution in [3.63, 3.8) is 0 Å². The summed E-state index contributed by atoms with van der Waals surface area (Å²) < 4.78 is 16.8. The number of anilines is 2. The normalized spacial score (nSPS) is 21.4. The minimum Gasteiger partial charge on any atom is -0.487 e. The fourth-order valence-corrected chi connectivity index (χ4v) is 5.79. The van der Waals surface area contributed by atoms with E-state index in [1.165, 1.54) is 5.56 Å². The molecule has 1 aromatic carbocycles. The summed E-state index contributed by atoms with van der Waals surface area (Å²) in [5, 5.41) is 6.80. The van der Waals surface area contributed by atoms with E-state index in [4.69, 9.17) is 24.2 Å². The third kappa shape index (κ3) is 5.67. The monoisotopic (exact) mass is 507 g/mol. The van der Waals surface area contributed by atoms with E-state index in [-0.39, 0.29) is 11.9 Å². The maximum absolute atomic E-state index is 12.9. The van der Waals surface area contributed by atoms with Crippen LogP contribution in [-0.2, 0) is 15.9 Å². The molecule has 4 aliphatic rings. The molecule has 0 atom stereocenters. The van der Waals surface area contributed by atoms with Crippen LogP contribution in [0.4, 0.5) is 11.8 Å². The molecule has 0 spiro atoms. The Hall–Kier alpha value is -2.91. The number of ether oxygens (including phenoxy) is 3. The zero-order valence-electron chi connectivity index (χ0n) is 21.4. The quantitative estimate of drug-likeness (QED) is 0.615. The lowest BCUT2D eigenvalue weighted by molar-refractivity contribution is 0.0696. The number of carbonyl (C=O) groups excluding carboxylic acids is 1. The molecule has 5 heterocycles. The van der Waals surface area contributed by atoms with Gasteiger partial charge in [-0.05, 0) is 62.1 Å². The summed E-state index contributed by atoms with van der Waals surface area (Å²) in [6.45, 7) is 5.44. The van der Waals surface area contributed by atoms with E-state index in [1.54, 1.807) is 0 Å². The number of nitrogens with zero attached hydrogens (tertiary/aromatic N) is 3. The van der Waals surface area contributed by atoms with E-state index < -0.39 is 0 Å². The lowest BCUT2D eigenvalue weighted by Gasteiger charge is -2.33. The molecule has 0 bridgehead atoms. The van der Waals surface area contributed by atoms with Gasteiger partial charge in [0.05, 0.1) is 12.3 Å². The molecule has 3 fully saturated rings. The molecule has 9 nitrogen and oxygen atoms in total. The maximum Gasteiger partial charge on any atom is 0.251 e. The third-order valence-electron chi connectivity index (χ3n) is 8.03. The van der Waals surface area contributed by atoms with Gasteiger partial charge in [0, 0.05) is 63.6 Å². The second-order valence-corrected chi connectivity index (χ2v) is 10.5. The Kier molecular flexibility index (Phi) is 7.41. The first kappa shape index (κ1) is 24.4. The van der Waals surface area contributed by atoms with Gasteiger partial charge in [-0.25, -0.2) is 4.98 Å². The first-order valence-electron chi connectivity index (χ1n) is 13.8. The minimum atomic E-state index is 0.0181. The van der Waals surface area contributed by atoms with Crippen LogP contribution in [0, 0.1) is 0 Å².